The number of rotatable bonds is 7. The van der Waals surface area contributed by atoms with Gasteiger partial charge in [-0.2, -0.15) is 0 Å². The second-order valence-corrected chi connectivity index (χ2v) is 8.65. The molecule has 8 heteroatoms. The molecule has 0 aliphatic rings. The molecule has 0 atom stereocenters. The lowest BCUT2D eigenvalue weighted by Crippen LogP contribution is -2.41. The highest BCUT2D eigenvalue weighted by Crippen LogP contribution is 2.18. The number of benzene rings is 1. The zero-order chi connectivity index (χ0) is 22.1. The number of hydrogen-bond donors (Lipinski definition) is 0. The first-order valence-corrected chi connectivity index (χ1v) is 10.5. The average molecular weight is 422 g/mol. The van der Waals surface area contributed by atoms with E-state index in [-0.39, 0.29) is 23.7 Å². The Morgan fingerprint density at radius 2 is 1.68 bits per heavy atom. The highest BCUT2D eigenvalue weighted by molar-refractivity contribution is 5.70. The van der Waals surface area contributed by atoms with E-state index in [1.54, 1.807) is 10.9 Å². The van der Waals surface area contributed by atoms with Crippen LogP contribution in [-0.2, 0) is 19.6 Å². The average Bonchev–Trinajstić information content (AvgIpc) is 3.36. The van der Waals surface area contributed by atoms with Crippen molar-refractivity contribution < 1.29 is 4.42 Å². The molecular weight excluding hydrogens is 394 g/mol. The molecule has 0 fully saturated rings. The number of oxazole rings is 1. The molecule has 31 heavy (non-hydrogen) atoms. The van der Waals surface area contributed by atoms with E-state index in [1.807, 2.05) is 48.7 Å². The van der Waals surface area contributed by atoms with Crippen molar-refractivity contribution in [2.75, 3.05) is 0 Å². The van der Waals surface area contributed by atoms with Crippen LogP contribution in [0.4, 0.5) is 0 Å². The van der Waals surface area contributed by atoms with Gasteiger partial charge in [0.2, 0.25) is 5.89 Å². The Labute approximate surface area is 179 Å². The van der Waals surface area contributed by atoms with Crippen LogP contribution in [0.5, 0.6) is 0 Å². The molecule has 4 rings (SSSR count). The van der Waals surface area contributed by atoms with Crippen LogP contribution in [0.1, 0.15) is 33.4 Å². The Bertz CT molecular complexity index is 1310. The quantitative estimate of drug-likeness (QED) is 0.456. The van der Waals surface area contributed by atoms with Crippen LogP contribution in [0.25, 0.3) is 22.6 Å². The van der Waals surface area contributed by atoms with Crippen molar-refractivity contribution in [3.8, 4) is 11.5 Å². The van der Waals surface area contributed by atoms with Crippen molar-refractivity contribution >= 4 is 11.2 Å². The minimum Gasteiger partial charge on any atom is -0.444 e. The molecule has 0 bridgehead atoms. The maximum absolute atomic E-state index is 13.4. The van der Waals surface area contributed by atoms with Gasteiger partial charge in [0.05, 0.1) is 18.6 Å². The van der Waals surface area contributed by atoms with E-state index in [1.165, 1.54) is 10.8 Å². The van der Waals surface area contributed by atoms with Crippen molar-refractivity contribution in [3.05, 3.63) is 69.5 Å². The van der Waals surface area contributed by atoms with Gasteiger partial charge in [-0.15, -0.1) is 0 Å². The van der Waals surface area contributed by atoms with E-state index < -0.39 is 0 Å². The van der Waals surface area contributed by atoms with Gasteiger partial charge in [0.25, 0.3) is 5.56 Å². The summed E-state index contributed by atoms with van der Waals surface area (Å²) in [6.07, 6.45) is 3.15. The Morgan fingerprint density at radius 1 is 0.968 bits per heavy atom. The second-order valence-electron chi connectivity index (χ2n) is 8.65. The van der Waals surface area contributed by atoms with E-state index in [0.29, 0.717) is 41.8 Å². The molecule has 0 N–H and O–H groups in total. The zero-order valence-corrected chi connectivity index (χ0v) is 18.3. The lowest BCUT2D eigenvalue weighted by atomic mass is 10.2. The molecule has 8 nitrogen and oxygen atoms in total. The molecule has 0 unspecified atom stereocenters. The molecule has 162 valence electrons. The monoisotopic (exact) mass is 421 g/mol. The fourth-order valence-corrected chi connectivity index (χ4v) is 3.69. The van der Waals surface area contributed by atoms with E-state index in [4.69, 9.17) is 4.42 Å². The Hall–Kier alpha value is -3.42. The Balaban J connectivity index is 1.83. The lowest BCUT2D eigenvalue weighted by Gasteiger charge is -2.14. The highest BCUT2D eigenvalue weighted by atomic mass is 16.3. The first kappa shape index (κ1) is 20.8. The molecule has 0 aliphatic heterocycles. The van der Waals surface area contributed by atoms with Gasteiger partial charge in [0.15, 0.2) is 11.2 Å². The van der Waals surface area contributed by atoms with Gasteiger partial charge in [0.1, 0.15) is 6.26 Å². The predicted octanol–water partition coefficient (Wildman–Crippen LogP) is 3.38. The van der Waals surface area contributed by atoms with E-state index in [0.717, 1.165) is 5.56 Å². The van der Waals surface area contributed by atoms with Crippen LogP contribution in [0.3, 0.4) is 0 Å². The standard InChI is InChI=1S/C23H27N5O3/c1-15(2)10-26-14-24-20-19(26)22(29)28(23(30)27(20)11-16(3)4)12-18-13-31-21(25-18)17-8-6-5-7-9-17/h5-9,13-16H,10-12H2,1-4H3. The number of fused-ring (bicyclic) bond motifs is 1. The van der Waals surface area contributed by atoms with Crippen molar-refractivity contribution in [1.82, 2.24) is 23.7 Å². The summed E-state index contributed by atoms with van der Waals surface area (Å²) in [6.45, 7) is 9.38. The summed E-state index contributed by atoms with van der Waals surface area (Å²) in [5.74, 6) is 1.01. The number of aromatic nitrogens is 5. The van der Waals surface area contributed by atoms with Crippen molar-refractivity contribution in [2.45, 2.75) is 47.3 Å². The topological polar surface area (TPSA) is 87.8 Å². The van der Waals surface area contributed by atoms with Gasteiger partial charge < -0.3 is 8.98 Å². The maximum Gasteiger partial charge on any atom is 0.333 e. The number of hydrogen-bond acceptors (Lipinski definition) is 5. The van der Waals surface area contributed by atoms with Gasteiger partial charge in [-0.3, -0.25) is 13.9 Å². The second kappa shape index (κ2) is 8.37. The molecular formula is C23H27N5O3. The van der Waals surface area contributed by atoms with Gasteiger partial charge in [0, 0.05) is 18.7 Å². The SMILES string of the molecule is CC(C)Cn1cnc2c1c(=O)n(Cc1coc(-c3ccccc3)n1)c(=O)n2CC(C)C. The molecule has 0 saturated heterocycles. The van der Waals surface area contributed by atoms with E-state index in [9.17, 15) is 9.59 Å². The first-order valence-electron chi connectivity index (χ1n) is 10.5. The Morgan fingerprint density at radius 3 is 2.35 bits per heavy atom. The van der Waals surface area contributed by atoms with Crippen molar-refractivity contribution in [3.63, 3.8) is 0 Å². The van der Waals surface area contributed by atoms with Crippen molar-refractivity contribution in [1.29, 1.82) is 0 Å². The van der Waals surface area contributed by atoms with E-state index >= 15 is 0 Å². The fraction of sp³-hybridized carbons (Fsp3) is 0.391. The normalized spacial score (nSPS) is 11.8. The summed E-state index contributed by atoms with van der Waals surface area (Å²) in [4.78, 5) is 35.5. The number of nitrogens with zero attached hydrogens (tertiary/aromatic N) is 5. The molecule has 0 saturated carbocycles. The third kappa shape index (κ3) is 4.10. The van der Waals surface area contributed by atoms with Crippen LogP contribution in [0.15, 0.2) is 56.9 Å². The minimum absolute atomic E-state index is 0.0366. The highest BCUT2D eigenvalue weighted by Gasteiger charge is 2.20. The summed E-state index contributed by atoms with van der Waals surface area (Å²) in [7, 11) is 0. The number of imidazole rings is 1. The van der Waals surface area contributed by atoms with Gasteiger partial charge in [-0.1, -0.05) is 45.9 Å². The Kier molecular flexibility index (Phi) is 5.63. The molecule has 3 aromatic heterocycles. The van der Waals surface area contributed by atoms with Crippen LogP contribution < -0.4 is 11.2 Å². The molecule has 1 aromatic carbocycles. The van der Waals surface area contributed by atoms with Crippen LogP contribution in [-0.4, -0.2) is 23.7 Å². The minimum atomic E-state index is -0.384. The van der Waals surface area contributed by atoms with E-state index in [2.05, 4.69) is 23.8 Å². The van der Waals surface area contributed by atoms with Crippen LogP contribution in [0.2, 0.25) is 0 Å². The van der Waals surface area contributed by atoms with Crippen molar-refractivity contribution in [2.24, 2.45) is 11.8 Å². The smallest absolute Gasteiger partial charge is 0.333 e. The molecule has 3 heterocycles. The molecule has 0 amide bonds. The fourth-order valence-electron chi connectivity index (χ4n) is 3.69. The molecule has 0 spiro atoms. The van der Waals surface area contributed by atoms with Gasteiger partial charge >= 0.3 is 5.69 Å². The lowest BCUT2D eigenvalue weighted by molar-refractivity contribution is 0.491. The largest absolute Gasteiger partial charge is 0.444 e. The third-order valence-corrected chi connectivity index (χ3v) is 4.99. The van der Waals surface area contributed by atoms with Crippen LogP contribution >= 0.6 is 0 Å². The summed E-state index contributed by atoms with van der Waals surface area (Å²) >= 11 is 0. The molecule has 0 aliphatic carbocycles. The third-order valence-electron chi connectivity index (χ3n) is 4.99. The zero-order valence-electron chi connectivity index (χ0n) is 18.3. The maximum atomic E-state index is 13.4. The predicted molar refractivity (Wildman–Crippen MR) is 119 cm³/mol. The molecule has 0 radical (unpaired) electrons. The summed E-state index contributed by atoms with van der Waals surface area (Å²) < 4.78 is 10.3. The summed E-state index contributed by atoms with van der Waals surface area (Å²) in [5.41, 5.74) is 1.49. The van der Waals surface area contributed by atoms with Gasteiger partial charge in [-0.05, 0) is 24.0 Å². The summed E-state index contributed by atoms with van der Waals surface area (Å²) in [6, 6.07) is 9.51. The molecule has 4 aromatic rings. The first-order chi connectivity index (χ1) is 14.8. The summed E-state index contributed by atoms with van der Waals surface area (Å²) in [5, 5.41) is 0. The van der Waals surface area contributed by atoms with Gasteiger partial charge in [-0.25, -0.2) is 14.8 Å². The van der Waals surface area contributed by atoms with Crippen LogP contribution in [0, 0.1) is 11.8 Å².